The van der Waals surface area contributed by atoms with E-state index in [0.29, 0.717) is 41.0 Å². The number of carbonyl (C=O) groups is 1. The smallest absolute Gasteiger partial charge is 0.226 e. The fourth-order valence-corrected chi connectivity index (χ4v) is 4.80. The molecule has 0 unspecified atom stereocenters. The second-order valence-corrected chi connectivity index (χ2v) is 9.26. The number of rotatable bonds is 5. The standard InChI is InChI=1S/C25H27N5O4/c1-25(2)12-16-20(17(31)13-25)21(14-6-8-26-9-7-14)30-24(27-16)28-23(29-30)15-10-18(32-3)22(34-5)19(11-15)33-4/h6-11,21H,12-13H2,1-5H3,(H,27,28,29)/t21-/m0/s1. The lowest BCUT2D eigenvalue weighted by atomic mass is 9.73. The molecule has 3 heterocycles. The highest BCUT2D eigenvalue weighted by atomic mass is 16.5. The Labute approximate surface area is 197 Å². The van der Waals surface area contributed by atoms with E-state index in [0.717, 1.165) is 23.3 Å². The first-order chi connectivity index (χ1) is 16.3. The van der Waals surface area contributed by atoms with Gasteiger partial charge in [0.05, 0.1) is 21.3 Å². The first kappa shape index (κ1) is 21.9. The van der Waals surface area contributed by atoms with Crippen LogP contribution >= 0.6 is 0 Å². The van der Waals surface area contributed by atoms with Crippen LogP contribution in [-0.4, -0.2) is 46.9 Å². The molecule has 0 amide bonds. The number of fused-ring (bicyclic) bond motifs is 1. The zero-order valence-electron chi connectivity index (χ0n) is 19.9. The second kappa shape index (κ2) is 8.16. The largest absolute Gasteiger partial charge is 0.493 e. The maximum atomic E-state index is 13.3. The molecule has 0 saturated heterocycles. The molecule has 2 aliphatic rings. The van der Waals surface area contributed by atoms with Crippen LogP contribution < -0.4 is 19.5 Å². The maximum Gasteiger partial charge on any atom is 0.226 e. The Balaban J connectivity index is 1.67. The summed E-state index contributed by atoms with van der Waals surface area (Å²) in [5.74, 6) is 2.70. The quantitative estimate of drug-likeness (QED) is 0.608. The van der Waals surface area contributed by atoms with Crippen molar-refractivity contribution in [1.82, 2.24) is 19.7 Å². The molecule has 1 atom stereocenters. The third kappa shape index (κ3) is 3.57. The molecule has 1 aliphatic heterocycles. The molecule has 2 aromatic heterocycles. The lowest BCUT2D eigenvalue weighted by Crippen LogP contribution is -2.36. The first-order valence-corrected chi connectivity index (χ1v) is 11.1. The number of nitrogens with zero attached hydrogens (tertiary/aromatic N) is 4. The Morgan fingerprint density at radius 2 is 1.71 bits per heavy atom. The summed E-state index contributed by atoms with van der Waals surface area (Å²) in [6.45, 7) is 4.22. The first-order valence-electron chi connectivity index (χ1n) is 11.1. The van der Waals surface area contributed by atoms with E-state index in [1.807, 2.05) is 24.3 Å². The third-order valence-electron chi connectivity index (χ3n) is 6.28. The monoisotopic (exact) mass is 461 g/mol. The van der Waals surface area contributed by atoms with Crippen molar-refractivity contribution in [2.45, 2.75) is 32.7 Å². The highest BCUT2D eigenvalue weighted by Gasteiger charge is 2.42. The zero-order valence-corrected chi connectivity index (χ0v) is 19.9. The molecular weight excluding hydrogens is 434 g/mol. The van der Waals surface area contributed by atoms with E-state index in [9.17, 15) is 4.79 Å². The Morgan fingerprint density at radius 3 is 2.32 bits per heavy atom. The minimum Gasteiger partial charge on any atom is -0.493 e. The highest BCUT2D eigenvalue weighted by Crippen LogP contribution is 2.46. The van der Waals surface area contributed by atoms with Crippen molar-refractivity contribution >= 4 is 11.7 Å². The van der Waals surface area contributed by atoms with Crippen LogP contribution in [-0.2, 0) is 4.79 Å². The number of Topliss-reactive ketones (excluding diaryl/α,β-unsaturated/α-hetero) is 1. The SMILES string of the molecule is COc1cc(-c2nc3n(n2)[C@@H](c2ccncc2)C2=C(CC(C)(C)CC2=O)N3)cc(OC)c1OC. The topological polar surface area (TPSA) is 100 Å². The van der Waals surface area contributed by atoms with Gasteiger partial charge in [-0.2, -0.15) is 4.98 Å². The number of ketones is 1. The van der Waals surface area contributed by atoms with Gasteiger partial charge in [0.15, 0.2) is 23.1 Å². The Kier molecular flexibility index (Phi) is 5.27. The summed E-state index contributed by atoms with van der Waals surface area (Å²) < 4.78 is 18.2. The highest BCUT2D eigenvalue weighted by molar-refractivity contribution is 6.00. The number of allylic oxidation sites excluding steroid dienone is 2. The van der Waals surface area contributed by atoms with Crippen LogP contribution in [0.1, 0.15) is 38.3 Å². The van der Waals surface area contributed by atoms with Gasteiger partial charge in [0.25, 0.3) is 0 Å². The van der Waals surface area contributed by atoms with E-state index in [-0.39, 0.29) is 17.2 Å². The predicted octanol–water partition coefficient (Wildman–Crippen LogP) is 4.02. The summed E-state index contributed by atoms with van der Waals surface area (Å²) in [6, 6.07) is 7.06. The summed E-state index contributed by atoms with van der Waals surface area (Å²) in [4.78, 5) is 22.3. The number of anilines is 1. The van der Waals surface area contributed by atoms with Crippen molar-refractivity contribution in [3.8, 4) is 28.6 Å². The lowest BCUT2D eigenvalue weighted by Gasteiger charge is -2.38. The van der Waals surface area contributed by atoms with Crippen LogP contribution in [0.3, 0.4) is 0 Å². The number of ether oxygens (including phenoxy) is 3. The van der Waals surface area contributed by atoms with Crippen molar-refractivity contribution in [2.24, 2.45) is 5.41 Å². The summed E-state index contributed by atoms with van der Waals surface area (Å²) in [5.41, 5.74) is 3.14. The van der Waals surface area contributed by atoms with E-state index in [1.54, 1.807) is 38.4 Å². The van der Waals surface area contributed by atoms with Crippen molar-refractivity contribution in [2.75, 3.05) is 26.6 Å². The molecule has 1 aliphatic carbocycles. The van der Waals surface area contributed by atoms with E-state index in [4.69, 9.17) is 24.3 Å². The summed E-state index contributed by atoms with van der Waals surface area (Å²) in [7, 11) is 4.70. The van der Waals surface area contributed by atoms with Gasteiger partial charge in [-0.3, -0.25) is 9.78 Å². The molecule has 0 spiro atoms. The number of hydrogen-bond acceptors (Lipinski definition) is 8. The number of methoxy groups -OCH3 is 3. The zero-order chi connectivity index (χ0) is 24.0. The molecular formula is C25H27N5O4. The number of benzene rings is 1. The van der Waals surface area contributed by atoms with E-state index < -0.39 is 0 Å². The summed E-state index contributed by atoms with van der Waals surface area (Å²) >= 11 is 0. The van der Waals surface area contributed by atoms with Gasteiger partial charge in [-0.15, -0.1) is 5.10 Å². The molecule has 176 valence electrons. The van der Waals surface area contributed by atoms with E-state index in [2.05, 4.69) is 24.1 Å². The minimum absolute atomic E-state index is 0.121. The van der Waals surface area contributed by atoms with Crippen molar-refractivity contribution in [3.05, 3.63) is 53.5 Å². The van der Waals surface area contributed by atoms with Crippen LogP contribution in [0, 0.1) is 5.41 Å². The molecule has 5 rings (SSSR count). The van der Waals surface area contributed by atoms with Gasteiger partial charge < -0.3 is 19.5 Å². The molecule has 0 fully saturated rings. The molecule has 34 heavy (non-hydrogen) atoms. The Bertz CT molecular complexity index is 1270. The van der Waals surface area contributed by atoms with Crippen molar-refractivity contribution < 1.29 is 19.0 Å². The molecule has 1 aromatic carbocycles. The normalized spacial score (nSPS) is 18.6. The van der Waals surface area contributed by atoms with E-state index >= 15 is 0 Å². The van der Waals surface area contributed by atoms with Crippen molar-refractivity contribution in [3.63, 3.8) is 0 Å². The lowest BCUT2D eigenvalue weighted by molar-refractivity contribution is -0.118. The number of pyridine rings is 1. The molecule has 0 radical (unpaired) electrons. The molecule has 1 N–H and O–H groups in total. The molecule has 9 heteroatoms. The Morgan fingerprint density at radius 1 is 1.03 bits per heavy atom. The van der Waals surface area contributed by atoms with Gasteiger partial charge >= 0.3 is 0 Å². The third-order valence-corrected chi connectivity index (χ3v) is 6.28. The summed E-state index contributed by atoms with van der Waals surface area (Å²) in [5, 5.41) is 8.23. The second-order valence-electron chi connectivity index (χ2n) is 9.26. The number of nitrogens with one attached hydrogen (secondary N) is 1. The number of aromatic nitrogens is 4. The molecule has 3 aromatic rings. The fourth-order valence-electron chi connectivity index (χ4n) is 4.80. The average molecular weight is 462 g/mol. The number of carbonyl (C=O) groups excluding carboxylic acids is 1. The molecule has 0 saturated carbocycles. The molecule has 0 bridgehead atoms. The van der Waals surface area contributed by atoms with Crippen LogP contribution in [0.4, 0.5) is 5.95 Å². The van der Waals surface area contributed by atoms with Gasteiger partial charge in [0.2, 0.25) is 11.7 Å². The van der Waals surface area contributed by atoms with Crippen molar-refractivity contribution in [1.29, 1.82) is 0 Å². The maximum absolute atomic E-state index is 13.3. The van der Waals surface area contributed by atoms with Gasteiger partial charge in [-0.05, 0) is 41.7 Å². The Hall–Kier alpha value is -3.88. The van der Waals surface area contributed by atoms with Gasteiger partial charge in [0, 0.05) is 35.6 Å². The van der Waals surface area contributed by atoms with Gasteiger partial charge in [0.1, 0.15) is 6.04 Å². The van der Waals surface area contributed by atoms with Crippen LogP contribution in [0.15, 0.2) is 47.9 Å². The van der Waals surface area contributed by atoms with Gasteiger partial charge in [-0.1, -0.05) is 13.8 Å². The van der Waals surface area contributed by atoms with Crippen LogP contribution in [0.5, 0.6) is 17.2 Å². The van der Waals surface area contributed by atoms with E-state index in [1.165, 1.54) is 0 Å². The minimum atomic E-state index is -0.388. The van der Waals surface area contributed by atoms with Crippen LogP contribution in [0.2, 0.25) is 0 Å². The molecule has 9 nitrogen and oxygen atoms in total. The van der Waals surface area contributed by atoms with Gasteiger partial charge in [-0.25, -0.2) is 4.68 Å². The van der Waals surface area contributed by atoms with Crippen LogP contribution in [0.25, 0.3) is 11.4 Å². The predicted molar refractivity (Wildman–Crippen MR) is 126 cm³/mol. The number of hydrogen-bond donors (Lipinski definition) is 1. The summed E-state index contributed by atoms with van der Waals surface area (Å²) in [6.07, 6.45) is 4.69. The average Bonchev–Trinajstić information content (AvgIpc) is 3.25. The fraction of sp³-hybridized carbons (Fsp3) is 0.360.